The molecular formula is C30H34FN3O3S. The maximum Gasteiger partial charge on any atom is 0.262 e. The van der Waals surface area contributed by atoms with Crippen molar-refractivity contribution in [1.29, 1.82) is 0 Å². The second-order valence-corrected chi connectivity index (χ2v) is 9.85. The predicted molar refractivity (Wildman–Crippen MR) is 154 cm³/mol. The summed E-state index contributed by atoms with van der Waals surface area (Å²) in [5.41, 5.74) is 5.87. The van der Waals surface area contributed by atoms with Gasteiger partial charge in [0.25, 0.3) is 5.91 Å². The molecule has 0 radical (unpaired) electrons. The average Bonchev–Trinajstić information content (AvgIpc) is 2.90. The van der Waals surface area contributed by atoms with E-state index in [0.29, 0.717) is 18.1 Å². The number of anilines is 2. The molecule has 3 aromatic rings. The summed E-state index contributed by atoms with van der Waals surface area (Å²) in [6, 6.07) is 16.2. The van der Waals surface area contributed by atoms with Crippen LogP contribution in [0.2, 0.25) is 0 Å². The van der Waals surface area contributed by atoms with Gasteiger partial charge >= 0.3 is 0 Å². The number of piperazine rings is 1. The number of nitrogens with zero attached hydrogens (tertiary/aromatic N) is 2. The highest BCUT2D eigenvalue weighted by Gasteiger charge is 2.21. The first-order valence-electron chi connectivity index (χ1n) is 12.8. The van der Waals surface area contributed by atoms with Gasteiger partial charge in [-0.15, -0.1) is 0 Å². The molecule has 3 aromatic carbocycles. The standard InChI is InChI=1S/C30H34FN3O3S/c1-5-36-27-18-23(30(38)34-14-12-33(13-15-34)25-9-7-24(31)8-10-25)6-11-26(27)37-19-28(35)32-29-21(3)16-20(2)17-22(29)4/h6-11,16-18H,5,12-15,19H2,1-4H3,(H,32,35). The summed E-state index contributed by atoms with van der Waals surface area (Å²) in [5, 5.41) is 2.96. The van der Waals surface area contributed by atoms with Crippen LogP contribution >= 0.6 is 12.2 Å². The summed E-state index contributed by atoms with van der Waals surface area (Å²) >= 11 is 5.81. The molecule has 0 saturated carbocycles. The molecule has 1 heterocycles. The number of carbonyl (C=O) groups excluding carboxylic acids is 1. The van der Waals surface area contributed by atoms with E-state index in [1.807, 2.05) is 52.0 Å². The first kappa shape index (κ1) is 27.4. The third-order valence-electron chi connectivity index (χ3n) is 6.55. The predicted octanol–water partition coefficient (Wildman–Crippen LogP) is 5.66. The lowest BCUT2D eigenvalue weighted by Gasteiger charge is -2.37. The number of aryl methyl sites for hydroxylation is 3. The van der Waals surface area contributed by atoms with E-state index in [4.69, 9.17) is 21.7 Å². The van der Waals surface area contributed by atoms with Gasteiger partial charge in [-0.3, -0.25) is 4.79 Å². The van der Waals surface area contributed by atoms with Crippen molar-refractivity contribution in [2.75, 3.05) is 49.6 Å². The van der Waals surface area contributed by atoms with Gasteiger partial charge in [-0.2, -0.15) is 0 Å². The lowest BCUT2D eigenvalue weighted by Crippen LogP contribution is -2.48. The number of hydrogen-bond donors (Lipinski definition) is 1. The van der Waals surface area contributed by atoms with E-state index in [2.05, 4.69) is 15.1 Å². The number of halogens is 1. The molecule has 0 aromatic heterocycles. The maximum atomic E-state index is 13.3. The number of hydrogen-bond acceptors (Lipinski definition) is 5. The molecule has 8 heteroatoms. The molecule has 0 spiro atoms. The summed E-state index contributed by atoms with van der Waals surface area (Å²) in [6.07, 6.45) is 0. The molecular weight excluding hydrogens is 501 g/mol. The lowest BCUT2D eigenvalue weighted by atomic mass is 10.1. The molecule has 1 N–H and O–H groups in total. The summed E-state index contributed by atoms with van der Waals surface area (Å²) in [6.45, 7) is 11.3. The molecule has 200 valence electrons. The Morgan fingerprint density at radius 3 is 2.21 bits per heavy atom. The van der Waals surface area contributed by atoms with Crippen molar-refractivity contribution in [3.63, 3.8) is 0 Å². The SMILES string of the molecule is CCOc1cc(C(=S)N2CCN(c3ccc(F)cc3)CC2)ccc1OCC(=O)Nc1c(C)cc(C)cc1C. The normalized spacial score (nSPS) is 13.3. The highest BCUT2D eigenvalue weighted by molar-refractivity contribution is 7.80. The van der Waals surface area contributed by atoms with Crippen molar-refractivity contribution in [3.8, 4) is 11.5 Å². The molecule has 1 aliphatic heterocycles. The largest absolute Gasteiger partial charge is 0.490 e. The van der Waals surface area contributed by atoms with Crippen molar-refractivity contribution in [2.24, 2.45) is 0 Å². The van der Waals surface area contributed by atoms with Gasteiger partial charge in [0.05, 0.1) is 6.61 Å². The number of benzene rings is 3. The molecule has 1 amide bonds. The first-order valence-corrected chi connectivity index (χ1v) is 13.2. The minimum absolute atomic E-state index is 0.137. The van der Waals surface area contributed by atoms with Crippen LogP contribution in [0.15, 0.2) is 54.6 Å². The highest BCUT2D eigenvalue weighted by Crippen LogP contribution is 2.30. The van der Waals surface area contributed by atoms with Gasteiger partial charge in [0.2, 0.25) is 0 Å². The molecule has 1 saturated heterocycles. The third kappa shape index (κ3) is 6.61. The van der Waals surface area contributed by atoms with Crippen molar-refractivity contribution >= 4 is 34.5 Å². The molecule has 0 aliphatic carbocycles. The fourth-order valence-electron chi connectivity index (χ4n) is 4.73. The number of rotatable bonds is 8. The molecule has 38 heavy (non-hydrogen) atoms. The topological polar surface area (TPSA) is 54.0 Å². The van der Waals surface area contributed by atoms with Crippen LogP contribution in [0.1, 0.15) is 29.2 Å². The van der Waals surface area contributed by atoms with Crippen molar-refractivity contribution in [1.82, 2.24) is 4.90 Å². The Morgan fingerprint density at radius 1 is 0.921 bits per heavy atom. The quantitative estimate of drug-likeness (QED) is 0.376. The number of carbonyl (C=O) groups is 1. The monoisotopic (exact) mass is 535 g/mol. The zero-order chi connectivity index (χ0) is 27.2. The highest BCUT2D eigenvalue weighted by atomic mass is 32.1. The summed E-state index contributed by atoms with van der Waals surface area (Å²) in [5.74, 6) is 0.573. The van der Waals surface area contributed by atoms with Gasteiger partial charge in [-0.05, 0) is 81.3 Å². The summed E-state index contributed by atoms with van der Waals surface area (Å²) < 4.78 is 24.9. The minimum Gasteiger partial charge on any atom is -0.490 e. The minimum atomic E-state index is -0.235. The van der Waals surface area contributed by atoms with Crippen LogP contribution in [-0.4, -0.2) is 55.2 Å². The van der Waals surface area contributed by atoms with Crippen LogP contribution in [0.3, 0.4) is 0 Å². The maximum absolute atomic E-state index is 13.3. The van der Waals surface area contributed by atoms with E-state index >= 15 is 0 Å². The second kappa shape index (κ2) is 12.3. The number of ether oxygens (including phenoxy) is 2. The van der Waals surface area contributed by atoms with Crippen LogP contribution in [0.4, 0.5) is 15.8 Å². The molecule has 1 aliphatic rings. The smallest absolute Gasteiger partial charge is 0.262 e. The number of nitrogens with one attached hydrogen (secondary N) is 1. The van der Waals surface area contributed by atoms with Crippen LogP contribution in [0.5, 0.6) is 11.5 Å². The fourth-order valence-corrected chi connectivity index (χ4v) is 5.04. The van der Waals surface area contributed by atoms with E-state index in [0.717, 1.165) is 64.8 Å². The van der Waals surface area contributed by atoms with E-state index in [-0.39, 0.29) is 18.3 Å². The Balaban J connectivity index is 1.38. The van der Waals surface area contributed by atoms with E-state index in [1.54, 1.807) is 18.2 Å². The van der Waals surface area contributed by atoms with E-state index in [9.17, 15) is 9.18 Å². The van der Waals surface area contributed by atoms with Gasteiger partial charge in [-0.25, -0.2) is 4.39 Å². The summed E-state index contributed by atoms with van der Waals surface area (Å²) in [7, 11) is 0. The Bertz CT molecular complexity index is 1280. The van der Waals surface area contributed by atoms with Crippen LogP contribution in [0, 0.1) is 26.6 Å². The Hall–Kier alpha value is -3.65. The fraction of sp³-hybridized carbons (Fsp3) is 0.333. The van der Waals surface area contributed by atoms with E-state index < -0.39 is 0 Å². The molecule has 6 nitrogen and oxygen atoms in total. The third-order valence-corrected chi connectivity index (χ3v) is 7.04. The molecule has 0 unspecified atom stereocenters. The average molecular weight is 536 g/mol. The van der Waals surface area contributed by atoms with Crippen molar-refractivity contribution in [2.45, 2.75) is 27.7 Å². The molecule has 0 bridgehead atoms. The van der Waals surface area contributed by atoms with Gasteiger partial charge in [-0.1, -0.05) is 29.9 Å². The van der Waals surface area contributed by atoms with Crippen LogP contribution in [-0.2, 0) is 4.79 Å². The second-order valence-electron chi connectivity index (χ2n) is 9.46. The summed E-state index contributed by atoms with van der Waals surface area (Å²) in [4.78, 5) is 17.8. The lowest BCUT2D eigenvalue weighted by molar-refractivity contribution is -0.118. The van der Waals surface area contributed by atoms with Gasteiger partial charge in [0, 0.05) is 43.1 Å². The number of amides is 1. The van der Waals surface area contributed by atoms with Gasteiger partial charge < -0.3 is 24.6 Å². The Labute approximate surface area is 229 Å². The molecule has 0 atom stereocenters. The van der Waals surface area contributed by atoms with Crippen LogP contribution < -0.4 is 19.7 Å². The zero-order valence-electron chi connectivity index (χ0n) is 22.3. The molecule has 4 rings (SSSR count). The molecule has 1 fully saturated rings. The van der Waals surface area contributed by atoms with Crippen molar-refractivity contribution < 1.29 is 18.7 Å². The Kier molecular flexibility index (Phi) is 8.84. The van der Waals surface area contributed by atoms with Gasteiger partial charge in [0.15, 0.2) is 18.1 Å². The Morgan fingerprint density at radius 2 is 1.58 bits per heavy atom. The van der Waals surface area contributed by atoms with E-state index in [1.165, 1.54) is 12.1 Å². The van der Waals surface area contributed by atoms with Crippen LogP contribution in [0.25, 0.3) is 0 Å². The number of thiocarbonyl (C=S) groups is 1. The zero-order valence-corrected chi connectivity index (χ0v) is 23.2. The first-order chi connectivity index (χ1) is 18.2. The van der Waals surface area contributed by atoms with Crippen molar-refractivity contribution in [3.05, 3.63) is 82.7 Å². The van der Waals surface area contributed by atoms with Gasteiger partial charge in [0.1, 0.15) is 10.8 Å².